The highest BCUT2D eigenvalue weighted by Crippen LogP contribution is 2.38. The third-order valence-electron chi connectivity index (χ3n) is 5.53. The number of rotatable bonds is 3. The summed E-state index contributed by atoms with van der Waals surface area (Å²) in [4.78, 5) is 29.2. The second kappa shape index (κ2) is 7.26. The highest BCUT2D eigenvalue weighted by atomic mass is 32.2. The van der Waals surface area contributed by atoms with Gasteiger partial charge < -0.3 is 10.4 Å². The molecule has 9 heteroatoms. The number of nitrogens with two attached hydrogens (primary N) is 1. The molecule has 2 aliphatic carbocycles. The fourth-order valence-corrected chi connectivity index (χ4v) is 4.92. The van der Waals surface area contributed by atoms with E-state index >= 15 is 0 Å². The van der Waals surface area contributed by atoms with Crippen molar-refractivity contribution in [1.29, 1.82) is 0 Å². The fraction of sp³-hybridized carbons (Fsp3) is 0.381. The van der Waals surface area contributed by atoms with Crippen LogP contribution in [0.3, 0.4) is 0 Å². The maximum Gasteiger partial charge on any atom is 0.354 e. The van der Waals surface area contributed by atoms with Gasteiger partial charge in [-0.15, -0.1) is 4.36 Å². The van der Waals surface area contributed by atoms with Crippen molar-refractivity contribution in [3.05, 3.63) is 52.3 Å². The molecule has 0 fully saturated rings. The van der Waals surface area contributed by atoms with Gasteiger partial charge in [0.1, 0.15) is 15.5 Å². The van der Waals surface area contributed by atoms with Crippen LogP contribution < -0.4 is 10.5 Å². The van der Waals surface area contributed by atoms with Gasteiger partial charge in [-0.25, -0.2) is 14.1 Å². The lowest BCUT2D eigenvalue weighted by molar-refractivity contribution is 0.0737. The highest BCUT2D eigenvalue weighted by Gasteiger charge is 2.30. The van der Waals surface area contributed by atoms with Gasteiger partial charge in [0.2, 0.25) is 0 Å². The zero-order valence-electron chi connectivity index (χ0n) is 16.9. The van der Waals surface area contributed by atoms with Crippen molar-refractivity contribution in [1.82, 2.24) is 4.98 Å². The summed E-state index contributed by atoms with van der Waals surface area (Å²) in [6.07, 6.45) is 4.96. The van der Waals surface area contributed by atoms with Gasteiger partial charge in [-0.05, 0) is 68.4 Å². The Hall–Kier alpha value is -2.62. The SMILES string of the molecule is CC(C)(O)c1ccc([S@](N)(=O)=NC(=O)Nc2c3c(cc4c2C(=O)CC4)CCC3)cn1. The molecule has 1 aromatic carbocycles. The first kappa shape index (κ1) is 20.6. The van der Waals surface area contributed by atoms with Crippen molar-refractivity contribution < 1.29 is 18.9 Å². The molecule has 4 rings (SSSR count). The van der Waals surface area contributed by atoms with Crippen LogP contribution in [0, 0.1) is 0 Å². The standard InChI is InChI=1S/C21H24N4O4S/c1-21(2,28)17-9-7-14(11-23-17)30(22,29)25-20(27)24-19-15-5-3-4-12(15)10-13-6-8-16(26)18(13)19/h7,9-11,28H,3-6,8H2,1-2H3,(H3,22,24,25,27,29)/t30-/m1/s1. The summed E-state index contributed by atoms with van der Waals surface area (Å²) in [5.41, 5.74) is 3.27. The number of hydrogen-bond acceptors (Lipinski definition) is 5. The first-order valence-corrected chi connectivity index (χ1v) is 11.4. The smallest absolute Gasteiger partial charge is 0.354 e. The molecule has 0 spiro atoms. The number of benzene rings is 1. The average Bonchev–Trinajstić information content (AvgIpc) is 3.27. The van der Waals surface area contributed by atoms with Crippen LogP contribution in [0.2, 0.25) is 0 Å². The summed E-state index contributed by atoms with van der Waals surface area (Å²) in [6.45, 7) is 3.15. The lowest BCUT2D eigenvalue weighted by Gasteiger charge is -2.16. The number of carbonyl (C=O) groups excluding carboxylic acids is 2. The van der Waals surface area contributed by atoms with Crippen molar-refractivity contribution in [2.75, 3.05) is 5.32 Å². The van der Waals surface area contributed by atoms with Gasteiger partial charge in [0.05, 0.1) is 16.3 Å². The Bertz CT molecular complexity index is 1170. The minimum absolute atomic E-state index is 0.00473. The molecule has 158 valence electrons. The highest BCUT2D eigenvalue weighted by molar-refractivity contribution is 7.91. The van der Waals surface area contributed by atoms with Gasteiger partial charge in [-0.2, -0.15) is 0 Å². The largest absolute Gasteiger partial charge is 0.384 e. The minimum Gasteiger partial charge on any atom is -0.384 e. The molecule has 1 heterocycles. The van der Waals surface area contributed by atoms with Crippen LogP contribution in [0.15, 0.2) is 33.7 Å². The van der Waals surface area contributed by atoms with E-state index in [1.807, 2.05) is 0 Å². The number of aromatic nitrogens is 1. The number of nitrogens with zero attached hydrogens (tertiary/aromatic N) is 2. The zero-order chi connectivity index (χ0) is 21.7. The predicted octanol–water partition coefficient (Wildman–Crippen LogP) is 2.86. The van der Waals surface area contributed by atoms with E-state index in [4.69, 9.17) is 5.14 Å². The third-order valence-corrected chi connectivity index (χ3v) is 6.89. The molecule has 2 amide bonds. The van der Waals surface area contributed by atoms with E-state index in [1.165, 1.54) is 18.3 Å². The number of ketones is 1. The Kier molecular flexibility index (Phi) is 5.00. The van der Waals surface area contributed by atoms with Crippen molar-refractivity contribution in [3.63, 3.8) is 0 Å². The Balaban J connectivity index is 1.66. The molecule has 0 aliphatic heterocycles. The molecule has 2 aromatic rings. The molecular weight excluding hydrogens is 404 g/mol. The van der Waals surface area contributed by atoms with Crippen molar-refractivity contribution in [2.24, 2.45) is 9.50 Å². The van der Waals surface area contributed by atoms with E-state index in [2.05, 4.69) is 20.7 Å². The van der Waals surface area contributed by atoms with E-state index in [0.717, 1.165) is 36.0 Å². The third kappa shape index (κ3) is 3.76. The lowest BCUT2D eigenvalue weighted by atomic mass is 9.98. The number of carbonyl (C=O) groups is 2. The number of aliphatic hydroxyl groups is 1. The summed E-state index contributed by atoms with van der Waals surface area (Å²) in [7, 11) is -3.55. The van der Waals surface area contributed by atoms with E-state index in [9.17, 15) is 18.9 Å². The van der Waals surface area contributed by atoms with Gasteiger partial charge in [0, 0.05) is 18.2 Å². The van der Waals surface area contributed by atoms with E-state index in [-0.39, 0.29) is 10.7 Å². The second-order valence-electron chi connectivity index (χ2n) is 8.23. The Morgan fingerprint density at radius 1 is 1.23 bits per heavy atom. The molecule has 8 nitrogen and oxygen atoms in total. The Labute approximate surface area is 175 Å². The Morgan fingerprint density at radius 3 is 2.67 bits per heavy atom. The number of fused-ring (bicyclic) bond motifs is 2. The topological polar surface area (TPSA) is 135 Å². The van der Waals surface area contributed by atoms with Gasteiger partial charge in [-0.1, -0.05) is 6.07 Å². The predicted molar refractivity (Wildman–Crippen MR) is 113 cm³/mol. The molecule has 0 radical (unpaired) electrons. The number of Topliss-reactive ketones (excluding diaryl/α,β-unsaturated/α-hetero) is 1. The lowest BCUT2D eigenvalue weighted by Crippen LogP contribution is -2.21. The van der Waals surface area contributed by atoms with E-state index in [0.29, 0.717) is 29.8 Å². The van der Waals surface area contributed by atoms with Crippen molar-refractivity contribution in [2.45, 2.75) is 56.4 Å². The quantitative estimate of drug-likeness (QED) is 0.691. The molecule has 30 heavy (non-hydrogen) atoms. The van der Waals surface area contributed by atoms with E-state index in [1.54, 1.807) is 13.8 Å². The number of nitrogens with one attached hydrogen (secondary N) is 1. The van der Waals surface area contributed by atoms with Crippen LogP contribution in [-0.2, 0) is 34.8 Å². The maximum atomic E-state index is 12.9. The van der Waals surface area contributed by atoms with Gasteiger partial charge in [-0.3, -0.25) is 9.78 Å². The number of urea groups is 1. The van der Waals surface area contributed by atoms with Crippen LogP contribution in [0.4, 0.5) is 10.5 Å². The second-order valence-corrected chi connectivity index (χ2v) is 10.0. The van der Waals surface area contributed by atoms with Crippen LogP contribution in [-0.4, -0.2) is 26.1 Å². The van der Waals surface area contributed by atoms with E-state index < -0.39 is 21.5 Å². The summed E-state index contributed by atoms with van der Waals surface area (Å²) >= 11 is 0. The normalized spacial score (nSPS) is 17.3. The molecule has 1 aromatic heterocycles. The molecule has 1 atom stereocenters. The fourth-order valence-electron chi connectivity index (χ4n) is 4.05. The van der Waals surface area contributed by atoms with Crippen LogP contribution in [0.5, 0.6) is 0 Å². The number of aryl methyl sites for hydroxylation is 2. The molecule has 2 aliphatic rings. The minimum atomic E-state index is -3.55. The molecule has 0 bridgehead atoms. The van der Waals surface area contributed by atoms with Crippen LogP contribution in [0.1, 0.15) is 59.4 Å². The summed E-state index contributed by atoms with van der Waals surface area (Å²) in [6, 6.07) is 4.12. The Morgan fingerprint density at radius 2 is 2.00 bits per heavy atom. The molecule has 0 saturated carbocycles. The first-order valence-electron chi connectivity index (χ1n) is 9.82. The number of pyridine rings is 1. The number of amides is 2. The van der Waals surface area contributed by atoms with Crippen molar-refractivity contribution in [3.8, 4) is 0 Å². The maximum absolute atomic E-state index is 12.9. The van der Waals surface area contributed by atoms with Gasteiger partial charge in [0.15, 0.2) is 5.78 Å². The summed E-state index contributed by atoms with van der Waals surface area (Å²) in [5, 5.41) is 18.5. The summed E-state index contributed by atoms with van der Waals surface area (Å²) < 4.78 is 16.5. The molecule has 4 N–H and O–H groups in total. The zero-order valence-corrected chi connectivity index (χ0v) is 17.7. The van der Waals surface area contributed by atoms with Crippen LogP contribution >= 0.6 is 0 Å². The monoisotopic (exact) mass is 428 g/mol. The number of anilines is 1. The summed E-state index contributed by atoms with van der Waals surface area (Å²) in [5.74, 6) is -0.00473. The molecule has 0 saturated heterocycles. The first-order chi connectivity index (χ1) is 14.1. The average molecular weight is 429 g/mol. The van der Waals surface area contributed by atoms with Gasteiger partial charge in [0.25, 0.3) is 0 Å². The van der Waals surface area contributed by atoms with Crippen molar-refractivity contribution >= 4 is 27.4 Å². The number of hydrogen-bond donors (Lipinski definition) is 3. The molecular formula is C21H24N4O4S. The van der Waals surface area contributed by atoms with Crippen LogP contribution in [0.25, 0.3) is 0 Å². The van der Waals surface area contributed by atoms with Gasteiger partial charge >= 0.3 is 6.03 Å². The molecule has 0 unspecified atom stereocenters.